The molecule has 3 rings (SSSR count). The van der Waals surface area contributed by atoms with E-state index >= 15 is 0 Å². The molecule has 1 aromatic carbocycles. The van der Waals surface area contributed by atoms with Crippen molar-refractivity contribution in [2.45, 2.75) is 50.5 Å². The molecule has 1 aromatic rings. The number of fused-ring (bicyclic) bond motifs is 1. The van der Waals surface area contributed by atoms with Crippen molar-refractivity contribution in [3.05, 3.63) is 35.4 Å². The van der Waals surface area contributed by atoms with Gasteiger partial charge in [-0.1, -0.05) is 43.9 Å². The molecule has 112 valence electrons. The van der Waals surface area contributed by atoms with Crippen LogP contribution in [-0.2, 0) is 11.2 Å². The van der Waals surface area contributed by atoms with E-state index in [9.17, 15) is 14.7 Å². The average Bonchev–Trinajstić information content (AvgIpc) is 2.75. The first-order valence-electron chi connectivity index (χ1n) is 7.78. The van der Waals surface area contributed by atoms with Gasteiger partial charge >= 0.3 is 5.97 Å². The molecule has 21 heavy (non-hydrogen) atoms. The number of carboxylic acids is 1. The van der Waals surface area contributed by atoms with Crippen LogP contribution in [0.5, 0.6) is 0 Å². The average molecular weight is 287 g/mol. The number of carbonyl (C=O) groups excluding carboxylic acids is 1. The van der Waals surface area contributed by atoms with Gasteiger partial charge in [-0.2, -0.15) is 0 Å². The second-order valence-corrected chi connectivity index (χ2v) is 6.11. The summed E-state index contributed by atoms with van der Waals surface area (Å²) in [4.78, 5) is 26.4. The minimum atomic E-state index is -0.999. The number of hydrogen-bond donors (Lipinski definition) is 1. The fraction of sp³-hybridized carbons (Fsp3) is 0.529. The van der Waals surface area contributed by atoms with Crippen LogP contribution in [-0.4, -0.2) is 34.0 Å². The molecule has 2 aliphatic rings. The predicted octanol–water partition coefficient (Wildman–Crippen LogP) is 2.86. The molecule has 1 aliphatic carbocycles. The lowest BCUT2D eigenvalue weighted by Crippen LogP contribution is -2.58. The van der Waals surface area contributed by atoms with Gasteiger partial charge in [0.1, 0.15) is 5.54 Å². The monoisotopic (exact) mass is 287 g/mol. The molecule has 1 fully saturated rings. The van der Waals surface area contributed by atoms with Crippen LogP contribution in [0.15, 0.2) is 24.3 Å². The van der Waals surface area contributed by atoms with E-state index in [1.807, 2.05) is 24.3 Å². The number of aliphatic carboxylic acids is 1. The topological polar surface area (TPSA) is 57.6 Å². The van der Waals surface area contributed by atoms with Crippen molar-refractivity contribution in [1.29, 1.82) is 0 Å². The molecule has 4 heteroatoms. The first kappa shape index (κ1) is 14.1. The summed E-state index contributed by atoms with van der Waals surface area (Å²) in [6, 6.07) is 7.56. The molecule has 0 unspecified atom stereocenters. The predicted molar refractivity (Wildman–Crippen MR) is 79.3 cm³/mol. The lowest BCUT2D eigenvalue weighted by Gasteiger charge is -2.42. The van der Waals surface area contributed by atoms with E-state index < -0.39 is 11.5 Å². The third-order valence-electron chi connectivity index (χ3n) is 4.94. The Hall–Kier alpha value is -1.84. The molecule has 0 saturated heterocycles. The molecular formula is C17H21NO3. The highest BCUT2D eigenvalue weighted by atomic mass is 16.4. The summed E-state index contributed by atoms with van der Waals surface area (Å²) in [5.41, 5.74) is 0.711. The fourth-order valence-electron chi connectivity index (χ4n) is 3.75. The lowest BCUT2D eigenvalue weighted by molar-refractivity contribution is -0.151. The maximum atomic E-state index is 12.8. The smallest absolute Gasteiger partial charge is 0.329 e. The Bertz CT molecular complexity index is 559. The van der Waals surface area contributed by atoms with E-state index in [2.05, 4.69) is 0 Å². The summed E-state index contributed by atoms with van der Waals surface area (Å²) in [6.07, 6.45) is 5.81. The zero-order valence-corrected chi connectivity index (χ0v) is 12.2. The van der Waals surface area contributed by atoms with Crippen LogP contribution < -0.4 is 0 Å². The summed E-state index contributed by atoms with van der Waals surface area (Å²) in [5.74, 6) is -0.946. The SMILES string of the molecule is O=C1c2ccccc2CCN1C1(C(=O)O)CCCCCC1. The van der Waals surface area contributed by atoms with Crippen LogP contribution in [0.1, 0.15) is 54.4 Å². The van der Waals surface area contributed by atoms with Crippen molar-refractivity contribution in [2.24, 2.45) is 0 Å². The number of carbonyl (C=O) groups is 2. The van der Waals surface area contributed by atoms with Gasteiger partial charge in [-0.15, -0.1) is 0 Å². The van der Waals surface area contributed by atoms with Crippen LogP contribution in [0.25, 0.3) is 0 Å². The van der Waals surface area contributed by atoms with Gasteiger partial charge in [0.2, 0.25) is 0 Å². The molecular weight excluding hydrogens is 266 g/mol. The molecule has 1 N–H and O–H groups in total. The minimum Gasteiger partial charge on any atom is -0.479 e. The van der Waals surface area contributed by atoms with Crippen molar-refractivity contribution >= 4 is 11.9 Å². The molecule has 1 aliphatic heterocycles. The highest BCUT2D eigenvalue weighted by molar-refractivity contribution is 6.00. The van der Waals surface area contributed by atoms with E-state index in [1.165, 1.54) is 0 Å². The van der Waals surface area contributed by atoms with Crippen molar-refractivity contribution in [2.75, 3.05) is 6.54 Å². The first-order valence-corrected chi connectivity index (χ1v) is 7.78. The van der Waals surface area contributed by atoms with Crippen molar-refractivity contribution in [3.8, 4) is 0 Å². The summed E-state index contributed by atoms with van der Waals surface area (Å²) in [5, 5.41) is 9.84. The van der Waals surface area contributed by atoms with Gasteiger partial charge in [0.15, 0.2) is 0 Å². The van der Waals surface area contributed by atoms with Gasteiger partial charge in [0.05, 0.1) is 0 Å². The number of hydrogen-bond acceptors (Lipinski definition) is 2. The molecule has 4 nitrogen and oxygen atoms in total. The molecule has 0 radical (unpaired) electrons. The van der Waals surface area contributed by atoms with Crippen LogP contribution in [0, 0.1) is 0 Å². The molecule has 0 bridgehead atoms. The van der Waals surface area contributed by atoms with Crippen LogP contribution in [0.3, 0.4) is 0 Å². The van der Waals surface area contributed by atoms with E-state index in [1.54, 1.807) is 4.90 Å². The van der Waals surface area contributed by atoms with Gasteiger partial charge < -0.3 is 10.0 Å². The Morgan fingerprint density at radius 2 is 1.76 bits per heavy atom. The van der Waals surface area contributed by atoms with E-state index in [0.717, 1.165) is 37.7 Å². The van der Waals surface area contributed by atoms with Crippen molar-refractivity contribution in [1.82, 2.24) is 4.90 Å². The summed E-state index contributed by atoms with van der Waals surface area (Å²) >= 11 is 0. The van der Waals surface area contributed by atoms with Crippen LogP contribution in [0.2, 0.25) is 0 Å². The standard InChI is InChI=1S/C17H21NO3/c19-15-14-8-4-3-7-13(14)9-12-18(15)17(16(20)21)10-5-1-2-6-11-17/h3-4,7-8H,1-2,5-6,9-12H2,(H,20,21). The third kappa shape index (κ3) is 2.33. The normalized spacial score (nSPS) is 21.5. The lowest BCUT2D eigenvalue weighted by atomic mass is 9.85. The second kappa shape index (κ2) is 5.51. The number of benzene rings is 1. The summed E-state index contributed by atoms with van der Waals surface area (Å²) in [7, 11) is 0. The fourth-order valence-corrected chi connectivity index (χ4v) is 3.75. The quantitative estimate of drug-likeness (QED) is 0.851. The van der Waals surface area contributed by atoms with Crippen LogP contribution >= 0.6 is 0 Å². The summed E-state index contributed by atoms with van der Waals surface area (Å²) in [6.45, 7) is 0.516. The number of amides is 1. The van der Waals surface area contributed by atoms with Gasteiger partial charge in [-0.05, 0) is 30.9 Å². The molecule has 1 amide bonds. The highest BCUT2D eigenvalue weighted by Crippen LogP contribution is 2.36. The third-order valence-corrected chi connectivity index (χ3v) is 4.94. The molecule has 1 heterocycles. The number of nitrogens with zero attached hydrogens (tertiary/aromatic N) is 1. The Morgan fingerprint density at radius 3 is 2.43 bits per heavy atom. The largest absolute Gasteiger partial charge is 0.479 e. The van der Waals surface area contributed by atoms with E-state index in [0.29, 0.717) is 24.9 Å². The second-order valence-electron chi connectivity index (χ2n) is 6.11. The highest BCUT2D eigenvalue weighted by Gasteiger charge is 2.47. The minimum absolute atomic E-state index is 0.110. The van der Waals surface area contributed by atoms with Crippen LogP contribution in [0.4, 0.5) is 0 Å². The van der Waals surface area contributed by atoms with Gasteiger partial charge in [0.25, 0.3) is 5.91 Å². The number of rotatable bonds is 2. The Balaban J connectivity index is 1.98. The Labute approximate surface area is 124 Å². The first-order chi connectivity index (χ1) is 10.1. The Kier molecular flexibility index (Phi) is 3.70. The zero-order chi connectivity index (χ0) is 14.9. The maximum absolute atomic E-state index is 12.8. The van der Waals surface area contributed by atoms with E-state index in [-0.39, 0.29) is 5.91 Å². The van der Waals surface area contributed by atoms with Gasteiger partial charge in [0, 0.05) is 12.1 Å². The van der Waals surface area contributed by atoms with Crippen molar-refractivity contribution < 1.29 is 14.7 Å². The van der Waals surface area contributed by atoms with Gasteiger partial charge in [-0.25, -0.2) is 4.79 Å². The van der Waals surface area contributed by atoms with Crippen molar-refractivity contribution in [3.63, 3.8) is 0 Å². The zero-order valence-electron chi connectivity index (χ0n) is 12.2. The molecule has 1 saturated carbocycles. The Morgan fingerprint density at radius 1 is 1.10 bits per heavy atom. The molecule has 0 spiro atoms. The van der Waals surface area contributed by atoms with Gasteiger partial charge in [-0.3, -0.25) is 4.79 Å². The maximum Gasteiger partial charge on any atom is 0.329 e. The molecule has 0 aromatic heterocycles. The summed E-state index contributed by atoms with van der Waals surface area (Å²) < 4.78 is 0. The molecule has 0 atom stereocenters. The van der Waals surface area contributed by atoms with E-state index in [4.69, 9.17) is 0 Å². The number of carboxylic acid groups (broad SMARTS) is 1.